The van der Waals surface area contributed by atoms with Crippen molar-refractivity contribution >= 4 is 5.96 Å². The molecule has 0 aliphatic carbocycles. The molecule has 0 radical (unpaired) electrons. The molecule has 0 bridgehead atoms. The van der Waals surface area contributed by atoms with Crippen LogP contribution in [0.25, 0.3) is 0 Å². The van der Waals surface area contributed by atoms with Crippen molar-refractivity contribution in [3.05, 3.63) is 29.8 Å². The number of hydrogen-bond donors (Lipinski definition) is 1. The lowest BCUT2D eigenvalue weighted by Gasteiger charge is -2.21. The van der Waals surface area contributed by atoms with Gasteiger partial charge in [0.05, 0.1) is 13.2 Å². The lowest BCUT2D eigenvalue weighted by atomic mass is 10.1. The Morgan fingerprint density at radius 2 is 2.16 bits per heavy atom. The van der Waals surface area contributed by atoms with E-state index in [0.29, 0.717) is 24.8 Å². The minimum Gasteiger partial charge on any atom is -0.492 e. The highest BCUT2D eigenvalue weighted by Crippen LogP contribution is 2.17. The number of benzene rings is 1. The van der Waals surface area contributed by atoms with E-state index >= 15 is 0 Å². The molecular formula is C18H27F2N3O2. The maximum absolute atomic E-state index is 13.1. The molecule has 0 amide bonds. The van der Waals surface area contributed by atoms with Crippen LogP contribution in [0.4, 0.5) is 8.78 Å². The Balaban J connectivity index is 1.82. The zero-order valence-corrected chi connectivity index (χ0v) is 14.9. The Morgan fingerprint density at radius 1 is 1.32 bits per heavy atom. The second kappa shape index (κ2) is 10.2. The van der Waals surface area contributed by atoms with Crippen LogP contribution in [-0.4, -0.2) is 56.9 Å². The molecule has 1 heterocycles. The van der Waals surface area contributed by atoms with Crippen LogP contribution < -0.4 is 10.1 Å². The van der Waals surface area contributed by atoms with Gasteiger partial charge >= 0.3 is 0 Å². The molecule has 1 unspecified atom stereocenters. The fourth-order valence-corrected chi connectivity index (χ4v) is 2.75. The third-order valence-electron chi connectivity index (χ3n) is 3.99. The fourth-order valence-electron chi connectivity index (χ4n) is 2.75. The van der Waals surface area contributed by atoms with Crippen LogP contribution in [0.5, 0.6) is 5.75 Å². The van der Waals surface area contributed by atoms with Gasteiger partial charge in [0.2, 0.25) is 0 Å². The van der Waals surface area contributed by atoms with Gasteiger partial charge in [0.1, 0.15) is 12.4 Å². The van der Waals surface area contributed by atoms with Crippen molar-refractivity contribution in [2.24, 2.45) is 10.9 Å². The summed E-state index contributed by atoms with van der Waals surface area (Å²) >= 11 is 0. The predicted molar refractivity (Wildman–Crippen MR) is 94.0 cm³/mol. The normalized spacial score (nSPS) is 17.8. The number of nitrogens with zero attached hydrogens (tertiary/aromatic N) is 2. The molecule has 1 saturated heterocycles. The molecule has 1 atom stereocenters. The average Bonchev–Trinajstić information content (AvgIpc) is 3.07. The number of nitrogens with one attached hydrogen (secondary N) is 1. The van der Waals surface area contributed by atoms with E-state index in [2.05, 4.69) is 15.2 Å². The quantitative estimate of drug-likeness (QED) is 0.442. The summed E-state index contributed by atoms with van der Waals surface area (Å²) in [5.74, 6) is -0.100. The summed E-state index contributed by atoms with van der Waals surface area (Å²) in [5, 5.41) is 3.29. The maximum Gasteiger partial charge on any atom is 0.194 e. The van der Waals surface area contributed by atoms with Crippen LogP contribution in [0.1, 0.15) is 20.3 Å². The van der Waals surface area contributed by atoms with Crippen molar-refractivity contribution in [3.63, 3.8) is 0 Å². The molecule has 1 aliphatic rings. The SMILES string of the molecule is CCNC(=NCCOc1ccc(F)c(F)c1)N1CCC(COCC)C1. The monoisotopic (exact) mass is 355 g/mol. The Hall–Kier alpha value is -1.89. The van der Waals surface area contributed by atoms with Crippen molar-refractivity contribution in [1.29, 1.82) is 0 Å². The molecule has 140 valence electrons. The molecule has 7 heteroatoms. The van der Waals surface area contributed by atoms with Crippen LogP contribution >= 0.6 is 0 Å². The van der Waals surface area contributed by atoms with Crippen LogP contribution in [0, 0.1) is 17.6 Å². The standard InChI is InChI=1S/C18H27F2N3O2/c1-3-21-18(23-9-7-14(12-23)13-24-4-2)22-8-10-25-15-5-6-16(19)17(20)11-15/h5-6,11,14H,3-4,7-10,12-13H2,1-2H3,(H,21,22). The first kappa shape index (κ1) is 19.4. The number of hydrogen-bond acceptors (Lipinski definition) is 3. The zero-order valence-electron chi connectivity index (χ0n) is 14.9. The summed E-state index contributed by atoms with van der Waals surface area (Å²) in [6.07, 6.45) is 1.09. The molecule has 1 aliphatic heterocycles. The van der Waals surface area contributed by atoms with Gasteiger partial charge < -0.3 is 19.7 Å². The summed E-state index contributed by atoms with van der Waals surface area (Å²) < 4.78 is 37.0. The first-order valence-corrected chi connectivity index (χ1v) is 8.82. The maximum atomic E-state index is 13.1. The molecule has 25 heavy (non-hydrogen) atoms. The molecule has 2 rings (SSSR count). The third kappa shape index (κ3) is 6.16. The van der Waals surface area contributed by atoms with E-state index in [0.717, 1.165) is 57.4 Å². The average molecular weight is 355 g/mol. The summed E-state index contributed by atoms with van der Waals surface area (Å²) in [5.41, 5.74) is 0. The molecule has 1 aromatic carbocycles. The first-order chi connectivity index (χ1) is 12.1. The van der Waals surface area contributed by atoms with E-state index in [4.69, 9.17) is 9.47 Å². The van der Waals surface area contributed by atoms with Gasteiger partial charge in [0.15, 0.2) is 17.6 Å². The van der Waals surface area contributed by atoms with Crippen molar-refractivity contribution in [1.82, 2.24) is 10.2 Å². The Bertz CT molecular complexity index is 569. The van der Waals surface area contributed by atoms with Gasteiger partial charge in [-0.3, -0.25) is 0 Å². The molecule has 0 saturated carbocycles. The summed E-state index contributed by atoms with van der Waals surface area (Å²) in [6.45, 7) is 8.97. The van der Waals surface area contributed by atoms with Gasteiger partial charge in [-0.2, -0.15) is 0 Å². The first-order valence-electron chi connectivity index (χ1n) is 8.82. The number of rotatable bonds is 8. The zero-order chi connectivity index (χ0) is 18.1. The van der Waals surface area contributed by atoms with Gasteiger partial charge in [0.25, 0.3) is 0 Å². The molecule has 0 aromatic heterocycles. The third-order valence-corrected chi connectivity index (χ3v) is 3.99. The Labute approximate surface area is 148 Å². The summed E-state index contributed by atoms with van der Waals surface area (Å²) in [6, 6.07) is 3.51. The largest absolute Gasteiger partial charge is 0.492 e. The fraction of sp³-hybridized carbons (Fsp3) is 0.611. The van der Waals surface area contributed by atoms with E-state index in [1.807, 2.05) is 13.8 Å². The van der Waals surface area contributed by atoms with E-state index in [9.17, 15) is 8.78 Å². The van der Waals surface area contributed by atoms with Crippen LogP contribution in [0.2, 0.25) is 0 Å². The molecule has 1 aromatic rings. The van der Waals surface area contributed by atoms with Crippen LogP contribution in [0.15, 0.2) is 23.2 Å². The van der Waals surface area contributed by atoms with Gasteiger partial charge in [-0.05, 0) is 32.4 Å². The Kier molecular flexibility index (Phi) is 7.91. The van der Waals surface area contributed by atoms with E-state index < -0.39 is 11.6 Å². The minimum atomic E-state index is -0.910. The number of guanidine groups is 1. The predicted octanol–water partition coefficient (Wildman–Crippen LogP) is 2.67. The van der Waals surface area contributed by atoms with E-state index in [-0.39, 0.29) is 0 Å². The lowest BCUT2D eigenvalue weighted by Crippen LogP contribution is -2.40. The molecule has 1 N–H and O–H groups in total. The van der Waals surface area contributed by atoms with Crippen molar-refractivity contribution in [2.75, 3.05) is 46.0 Å². The van der Waals surface area contributed by atoms with Gasteiger partial charge in [-0.15, -0.1) is 0 Å². The molecule has 0 spiro atoms. The second-order valence-corrected chi connectivity index (χ2v) is 5.92. The molecular weight excluding hydrogens is 328 g/mol. The number of aliphatic imine (C=N–C) groups is 1. The highest BCUT2D eigenvalue weighted by Gasteiger charge is 2.24. The number of ether oxygens (including phenoxy) is 2. The smallest absolute Gasteiger partial charge is 0.194 e. The summed E-state index contributed by atoms with van der Waals surface area (Å²) in [7, 11) is 0. The lowest BCUT2D eigenvalue weighted by molar-refractivity contribution is 0.114. The van der Waals surface area contributed by atoms with Crippen LogP contribution in [-0.2, 0) is 4.74 Å². The second-order valence-electron chi connectivity index (χ2n) is 5.92. The van der Waals surface area contributed by atoms with Gasteiger partial charge in [-0.25, -0.2) is 13.8 Å². The number of likely N-dealkylation sites (tertiary alicyclic amines) is 1. The van der Waals surface area contributed by atoms with Crippen molar-refractivity contribution < 1.29 is 18.3 Å². The van der Waals surface area contributed by atoms with Crippen LogP contribution in [0.3, 0.4) is 0 Å². The highest BCUT2D eigenvalue weighted by molar-refractivity contribution is 5.80. The van der Waals surface area contributed by atoms with Gasteiger partial charge in [-0.1, -0.05) is 0 Å². The van der Waals surface area contributed by atoms with Gasteiger partial charge in [0, 0.05) is 38.2 Å². The Morgan fingerprint density at radius 3 is 2.88 bits per heavy atom. The number of halogens is 2. The van der Waals surface area contributed by atoms with Crippen molar-refractivity contribution in [2.45, 2.75) is 20.3 Å². The minimum absolute atomic E-state index is 0.302. The van der Waals surface area contributed by atoms with E-state index in [1.165, 1.54) is 6.07 Å². The molecule has 5 nitrogen and oxygen atoms in total. The highest BCUT2D eigenvalue weighted by atomic mass is 19.2. The molecule has 1 fully saturated rings. The summed E-state index contributed by atoms with van der Waals surface area (Å²) in [4.78, 5) is 6.79. The van der Waals surface area contributed by atoms with Crippen molar-refractivity contribution in [3.8, 4) is 5.75 Å². The van der Waals surface area contributed by atoms with E-state index in [1.54, 1.807) is 0 Å². The topological polar surface area (TPSA) is 46.1 Å².